The van der Waals surface area contributed by atoms with Crippen LogP contribution in [0.5, 0.6) is 0 Å². The Balaban J connectivity index is 1.60. The molecular formula is C18H22ClN5O. The lowest BCUT2D eigenvalue weighted by atomic mass is 10.2. The molecule has 1 N–H and O–H groups in total. The first-order valence-corrected chi connectivity index (χ1v) is 8.69. The molecule has 7 heteroatoms. The summed E-state index contributed by atoms with van der Waals surface area (Å²) in [6.45, 7) is 8.58. The van der Waals surface area contributed by atoms with Gasteiger partial charge in [-0.2, -0.15) is 0 Å². The first-order chi connectivity index (χ1) is 11.9. The second kappa shape index (κ2) is 7.27. The second-order valence-electron chi connectivity index (χ2n) is 6.29. The molecule has 2 aromatic rings. The Hall–Kier alpha value is -2.34. The van der Waals surface area contributed by atoms with Gasteiger partial charge in [0.15, 0.2) is 0 Å². The Kier molecular flexibility index (Phi) is 5.08. The predicted octanol–water partition coefficient (Wildman–Crippen LogP) is 3.41. The Morgan fingerprint density at radius 3 is 2.56 bits per heavy atom. The number of benzene rings is 1. The minimum Gasteiger partial charge on any atom is -0.352 e. The zero-order valence-corrected chi connectivity index (χ0v) is 15.5. The van der Waals surface area contributed by atoms with Gasteiger partial charge >= 0.3 is 6.03 Å². The summed E-state index contributed by atoms with van der Waals surface area (Å²) in [7, 11) is 0. The van der Waals surface area contributed by atoms with E-state index in [1.165, 1.54) is 0 Å². The molecule has 0 saturated carbocycles. The van der Waals surface area contributed by atoms with Crippen molar-refractivity contribution in [3.05, 3.63) is 46.4 Å². The van der Waals surface area contributed by atoms with Gasteiger partial charge < -0.3 is 15.1 Å². The minimum atomic E-state index is -0.105. The fourth-order valence-electron chi connectivity index (χ4n) is 2.82. The number of nitrogens with one attached hydrogen (secondary N) is 1. The van der Waals surface area contributed by atoms with Gasteiger partial charge in [-0.1, -0.05) is 17.7 Å². The summed E-state index contributed by atoms with van der Waals surface area (Å²) in [5.41, 5.74) is 3.51. The first kappa shape index (κ1) is 17.5. The molecule has 0 unspecified atom stereocenters. The number of rotatable bonds is 2. The summed E-state index contributed by atoms with van der Waals surface area (Å²) < 4.78 is 0. The molecule has 0 atom stereocenters. The molecule has 132 valence electrons. The highest BCUT2D eigenvalue weighted by molar-refractivity contribution is 6.31. The molecule has 1 aromatic heterocycles. The number of aromatic nitrogens is 2. The van der Waals surface area contributed by atoms with Crippen molar-refractivity contribution >= 4 is 29.1 Å². The molecule has 3 rings (SSSR count). The van der Waals surface area contributed by atoms with Gasteiger partial charge in [-0.15, -0.1) is 0 Å². The van der Waals surface area contributed by atoms with Gasteiger partial charge in [-0.25, -0.2) is 9.78 Å². The van der Waals surface area contributed by atoms with E-state index in [1.807, 2.05) is 37.8 Å². The summed E-state index contributed by atoms with van der Waals surface area (Å²) in [6.07, 6.45) is 1.77. The van der Waals surface area contributed by atoms with Crippen LogP contribution in [-0.2, 0) is 0 Å². The molecule has 6 nitrogen and oxygen atoms in total. The van der Waals surface area contributed by atoms with E-state index >= 15 is 0 Å². The summed E-state index contributed by atoms with van der Waals surface area (Å²) in [5.74, 6) is 0.908. The molecule has 1 aromatic carbocycles. The van der Waals surface area contributed by atoms with Gasteiger partial charge in [0.05, 0.1) is 11.4 Å². The molecule has 2 heterocycles. The van der Waals surface area contributed by atoms with E-state index in [-0.39, 0.29) is 6.03 Å². The lowest BCUT2D eigenvalue weighted by Gasteiger charge is -2.35. The maximum absolute atomic E-state index is 12.5. The van der Waals surface area contributed by atoms with Gasteiger partial charge in [0, 0.05) is 43.1 Å². The van der Waals surface area contributed by atoms with E-state index in [0.717, 1.165) is 35.9 Å². The van der Waals surface area contributed by atoms with E-state index < -0.39 is 0 Å². The van der Waals surface area contributed by atoms with E-state index in [0.29, 0.717) is 23.8 Å². The summed E-state index contributed by atoms with van der Waals surface area (Å²) >= 11 is 6.11. The van der Waals surface area contributed by atoms with E-state index in [1.54, 1.807) is 12.3 Å². The highest BCUT2D eigenvalue weighted by Crippen LogP contribution is 2.21. The summed E-state index contributed by atoms with van der Waals surface area (Å²) in [4.78, 5) is 25.4. The Morgan fingerprint density at radius 2 is 1.88 bits per heavy atom. The van der Waals surface area contributed by atoms with Crippen LogP contribution in [0.4, 0.5) is 16.3 Å². The molecule has 1 saturated heterocycles. The van der Waals surface area contributed by atoms with Crippen LogP contribution in [0.2, 0.25) is 5.02 Å². The molecule has 0 bridgehead atoms. The van der Waals surface area contributed by atoms with Crippen LogP contribution in [0.15, 0.2) is 24.4 Å². The number of nitrogens with zero attached hydrogens (tertiary/aromatic N) is 4. The van der Waals surface area contributed by atoms with E-state index in [2.05, 4.69) is 20.2 Å². The van der Waals surface area contributed by atoms with Crippen LogP contribution in [-0.4, -0.2) is 47.1 Å². The number of piperazine rings is 1. The van der Waals surface area contributed by atoms with Crippen molar-refractivity contribution in [2.45, 2.75) is 20.8 Å². The molecule has 25 heavy (non-hydrogen) atoms. The third-order valence-electron chi connectivity index (χ3n) is 4.34. The molecule has 1 fully saturated rings. The number of hydrogen-bond acceptors (Lipinski definition) is 4. The fraction of sp³-hybridized carbons (Fsp3) is 0.389. The minimum absolute atomic E-state index is 0.105. The number of amides is 2. The van der Waals surface area contributed by atoms with Crippen molar-refractivity contribution < 1.29 is 4.79 Å². The van der Waals surface area contributed by atoms with E-state index in [4.69, 9.17) is 11.6 Å². The lowest BCUT2D eigenvalue weighted by molar-refractivity contribution is 0.208. The standard InChI is InChI=1S/C18H22ClN5O/c1-12-4-5-15(10-16(12)19)22-18(25)24-8-6-23(7-9-24)17-14(3)20-11-13(2)21-17/h4-5,10-11H,6-9H2,1-3H3,(H,22,25). The monoisotopic (exact) mass is 359 g/mol. The van der Waals surface area contributed by atoms with Crippen LogP contribution < -0.4 is 10.2 Å². The lowest BCUT2D eigenvalue weighted by Crippen LogP contribution is -2.50. The first-order valence-electron chi connectivity index (χ1n) is 8.31. The molecule has 1 aliphatic rings. The number of hydrogen-bond donors (Lipinski definition) is 1. The van der Waals surface area contributed by atoms with Crippen molar-refractivity contribution in [3.8, 4) is 0 Å². The number of carbonyl (C=O) groups is 1. The third-order valence-corrected chi connectivity index (χ3v) is 4.75. The van der Waals surface area contributed by atoms with Crippen molar-refractivity contribution in [1.82, 2.24) is 14.9 Å². The number of anilines is 2. The topological polar surface area (TPSA) is 61.4 Å². The van der Waals surface area contributed by atoms with Crippen molar-refractivity contribution in [2.75, 3.05) is 36.4 Å². The maximum Gasteiger partial charge on any atom is 0.321 e. The normalized spacial score (nSPS) is 14.6. The highest BCUT2D eigenvalue weighted by atomic mass is 35.5. The zero-order chi connectivity index (χ0) is 18.0. The van der Waals surface area contributed by atoms with Crippen LogP contribution in [0.1, 0.15) is 17.0 Å². The van der Waals surface area contributed by atoms with Crippen molar-refractivity contribution in [3.63, 3.8) is 0 Å². The van der Waals surface area contributed by atoms with Crippen molar-refractivity contribution in [2.24, 2.45) is 0 Å². The quantitative estimate of drug-likeness (QED) is 0.892. The van der Waals surface area contributed by atoms with Gasteiger partial charge in [0.1, 0.15) is 5.82 Å². The SMILES string of the molecule is Cc1cnc(C)c(N2CCN(C(=O)Nc3ccc(C)c(Cl)c3)CC2)n1. The van der Waals surface area contributed by atoms with E-state index in [9.17, 15) is 4.79 Å². The molecule has 0 spiro atoms. The largest absolute Gasteiger partial charge is 0.352 e. The van der Waals surface area contributed by atoms with Crippen LogP contribution in [0.25, 0.3) is 0 Å². The molecule has 0 radical (unpaired) electrons. The second-order valence-corrected chi connectivity index (χ2v) is 6.70. The van der Waals surface area contributed by atoms with Gasteiger partial charge in [-0.05, 0) is 38.5 Å². The predicted molar refractivity (Wildman–Crippen MR) is 100 cm³/mol. The average Bonchev–Trinajstić information content (AvgIpc) is 2.60. The zero-order valence-electron chi connectivity index (χ0n) is 14.7. The smallest absolute Gasteiger partial charge is 0.321 e. The highest BCUT2D eigenvalue weighted by Gasteiger charge is 2.23. The Bertz CT molecular complexity index is 787. The fourth-order valence-corrected chi connectivity index (χ4v) is 3.00. The Morgan fingerprint density at radius 1 is 1.16 bits per heavy atom. The summed E-state index contributed by atoms with van der Waals surface area (Å²) in [5, 5.41) is 3.56. The van der Waals surface area contributed by atoms with Gasteiger partial charge in [0.25, 0.3) is 0 Å². The van der Waals surface area contributed by atoms with Crippen LogP contribution in [0, 0.1) is 20.8 Å². The molecule has 1 aliphatic heterocycles. The Labute approximate surface area is 152 Å². The molecule has 2 amide bonds. The third kappa shape index (κ3) is 4.02. The number of urea groups is 1. The number of carbonyl (C=O) groups excluding carboxylic acids is 1. The maximum atomic E-state index is 12.5. The number of aryl methyl sites for hydroxylation is 3. The van der Waals surface area contributed by atoms with Gasteiger partial charge in [-0.3, -0.25) is 4.98 Å². The molecular weight excluding hydrogens is 338 g/mol. The average molecular weight is 360 g/mol. The van der Waals surface area contributed by atoms with Crippen molar-refractivity contribution in [1.29, 1.82) is 0 Å². The molecule has 0 aliphatic carbocycles. The van der Waals surface area contributed by atoms with Gasteiger partial charge in [0.2, 0.25) is 0 Å². The van der Waals surface area contributed by atoms with Crippen LogP contribution in [0.3, 0.4) is 0 Å². The summed E-state index contributed by atoms with van der Waals surface area (Å²) in [6, 6.07) is 5.43. The number of halogens is 1. The van der Waals surface area contributed by atoms with Crippen LogP contribution >= 0.6 is 11.6 Å².